The predicted molar refractivity (Wildman–Crippen MR) is 174 cm³/mol. The predicted octanol–water partition coefficient (Wildman–Crippen LogP) is 1.50. The maximum absolute atomic E-state index is 16.0. The summed E-state index contributed by atoms with van der Waals surface area (Å²) in [6.45, 7) is 6.38. The van der Waals surface area contributed by atoms with Gasteiger partial charge in [0.05, 0.1) is 31.1 Å². The number of alkyl halides is 2. The SMILES string of the molecule is C=C(F)C(=O)[NH+]1CCN(c2nc(OCS)nc3c(F)c(-c4cncc5cccc(Cl)c45)ncc23)CC1.CC#N.CN1CCC(F)(F)C1.[Cs+]. The summed E-state index contributed by atoms with van der Waals surface area (Å²) in [5, 5.41) is 9.50. The van der Waals surface area contributed by atoms with Crippen molar-refractivity contribution in [2.24, 2.45) is 0 Å². The zero-order chi connectivity index (χ0) is 34.3. The maximum atomic E-state index is 16.0. The first-order valence-electron chi connectivity index (χ1n) is 14.4. The van der Waals surface area contributed by atoms with Crippen LogP contribution in [0.2, 0.25) is 5.02 Å². The van der Waals surface area contributed by atoms with E-state index in [1.165, 1.54) is 19.3 Å². The summed E-state index contributed by atoms with van der Waals surface area (Å²) in [5.74, 6) is -4.34. The number of thiol groups is 1. The Hall–Kier alpha value is -2.05. The number of piperazine rings is 1. The van der Waals surface area contributed by atoms with Crippen LogP contribution in [0, 0.1) is 17.1 Å². The average Bonchev–Trinajstić information content (AvgIpc) is 3.37. The summed E-state index contributed by atoms with van der Waals surface area (Å²) in [5.41, 5.74) is 0.474. The third kappa shape index (κ3) is 9.80. The van der Waals surface area contributed by atoms with Crippen molar-refractivity contribution in [3.05, 3.63) is 60.0 Å². The second-order valence-electron chi connectivity index (χ2n) is 10.7. The van der Waals surface area contributed by atoms with Crippen LogP contribution in [0.1, 0.15) is 13.3 Å². The summed E-state index contributed by atoms with van der Waals surface area (Å²) >= 11 is 10.5. The van der Waals surface area contributed by atoms with Crippen molar-refractivity contribution in [2.75, 3.05) is 57.2 Å². The number of hydrogen-bond acceptors (Lipinski definition) is 10. The van der Waals surface area contributed by atoms with Gasteiger partial charge in [0.1, 0.15) is 36.1 Å². The number of fused-ring (bicyclic) bond motifs is 2. The molecule has 48 heavy (non-hydrogen) atoms. The van der Waals surface area contributed by atoms with Crippen LogP contribution < -0.4 is 83.4 Å². The molecule has 0 unspecified atom stereocenters. The molecule has 0 atom stereocenters. The summed E-state index contributed by atoms with van der Waals surface area (Å²) in [6, 6.07) is 7.04. The third-order valence-corrected chi connectivity index (χ3v) is 7.86. The largest absolute Gasteiger partial charge is 1.00 e. The van der Waals surface area contributed by atoms with Crippen LogP contribution in [0.25, 0.3) is 32.9 Å². The molecule has 2 aliphatic heterocycles. The number of hydrogen-bond donors (Lipinski definition) is 2. The van der Waals surface area contributed by atoms with Gasteiger partial charge in [-0.3, -0.25) is 14.9 Å². The van der Waals surface area contributed by atoms with E-state index >= 15 is 4.39 Å². The first kappa shape index (κ1) is 40.4. The van der Waals surface area contributed by atoms with Gasteiger partial charge in [-0.1, -0.05) is 30.3 Å². The van der Waals surface area contributed by atoms with Crippen molar-refractivity contribution in [1.82, 2.24) is 24.8 Å². The van der Waals surface area contributed by atoms with Gasteiger partial charge in [0, 0.05) is 59.8 Å². The number of carbonyl (C=O) groups excluding carboxylic acids is 1. The smallest absolute Gasteiger partial charge is 0.453 e. The summed E-state index contributed by atoms with van der Waals surface area (Å²) in [7, 11) is 1.71. The van der Waals surface area contributed by atoms with Gasteiger partial charge in [0.2, 0.25) is 5.83 Å². The molecule has 5 heterocycles. The van der Waals surface area contributed by atoms with Crippen LogP contribution in [0.5, 0.6) is 6.01 Å². The Labute approximate surface area is 344 Å². The summed E-state index contributed by atoms with van der Waals surface area (Å²) in [6.07, 6.45) is 4.68. The molecule has 2 aliphatic rings. The number of likely N-dealkylation sites (tertiary alicyclic amines) is 1. The van der Waals surface area contributed by atoms with Gasteiger partial charge in [0.15, 0.2) is 5.82 Å². The Morgan fingerprint density at radius 3 is 2.46 bits per heavy atom. The molecular weight excluding hydrogens is 793 g/mol. The zero-order valence-electron chi connectivity index (χ0n) is 26.6. The van der Waals surface area contributed by atoms with Crippen LogP contribution in [0.15, 0.2) is 49.2 Å². The second-order valence-corrected chi connectivity index (χ2v) is 11.4. The topological polar surface area (TPSA) is 113 Å². The second kappa shape index (κ2) is 18.3. The van der Waals surface area contributed by atoms with Gasteiger partial charge >= 0.3 is 80.8 Å². The fraction of sp³-hybridized carbons (Fsp3) is 0.355. The van der Waals surface area contributed by atoms with E-state index in [0.717, 1.165) is 5.39 Å². The fourth-order valence-corrected chi connectivity index (χ4v) is 5.66. The van der Waals surface area contributed by atoms with Gasteiger partial charge in [-0.2, -0.15) is 19.6 Å². The van der Waals surface area contributed by atoms with E-state index in [1.54, 1.807) is 36.3 Å². The molecule has 0 spiro atoms. The molecule has 17 heteroatoms. The molecule has 1 N–H and O–H groups in total. The van der Waals surface area contributed by atoms with Crippen molar-refractivity contribution in [2.45, 2.75) is 19.3 Å². The minimum atomic E-state index is -2.41. The number of quaternary nitrogens is 1. The van der Waals surface area contributed by atoms with Gasteiger partial charge in [-0.15, -0.1) is 12.6 Å². The molecule has 248 valence electrons. The van der Waals surface area contributed by atoms with Gasteiger partial charge in [-0.05, 0) is 13.1 Å². The van der Waals surface area contributed by atoms with Gasteiger partial charge < -0.3 is 14.5 Å². The number of pyridine rings is 2. The molecule has 0 saturated carbocycles. The zero-order valence-corrected chi connectivity index (χ0v) is 34.5. The maximum Gasteiger partial charge on any atom is 1.00 e. The van der Waals surface area contributed by atoms with Crippen molar-refractivity contribution in [1.29, 1.82) is 5.26 Å². The average molecular weight is 825 g/mol. The van der Waals surface area contributed by atoms with Crippen LogP contribution in [0.4, 0.5) is 23.4 Å². The van der Waals surface area contributed by atoms with E-state index in [-0.39, 0.29) is 105 Å². The number of nitrogens with one attached hydrogen (secondary N) is 1. The Morgan fingerprint density at radius 1 is 1.21 bits per heavy atom. The molecule has 0 radical (unpaired) electrons. The van der Waals surface area contributed by atoms with E-state index < -0.39 is 23.5 Å². The Balaban J connectivity index is 0.000000447. The molecule has 0 aliphatic carbocycles. The number of nitrogens with zero attached hydrogens (tertiary/aromatic N) is 7. The quantitative estimate of drug-likeness (QED) is 0.134. The Kier molecular flexibility index (Phi) is 15.4. The first-order chi connectivity index (χ1) is 22.4. The third-order valence-electron chi connectivity index (χ3n) is 7.42. The number of halogens is 5. The molecular formula is C31H32ClCsF4N8O2S+2. The fourth-order valence-electron chi connectivity index (χ4n) is 5.26. The molecule has 6 rings (SSSR count). The van der Waals surface area contributed by atoms with E-state index in [4.69, 9.17) is 21.6 Å². The van der Waals surface area contributed by atoms with Crippen molar-refractivity contribution in [3.8, 4) is 23.3 Å². The first-order valence-corrected chi connectivity index (χ1v) is 15.4. The molecule has 1 amide bonds. The molecule has 2 saturated heterocycles. The molecule has 1 aromatic carbocycles. The summed E-state index contributed by atoms with van der Waals surface area (Å²) < 4.78 is 59.0. The van der Waals surface area contributed by atoms with Crippen LogP contribution in [0.3, 0.4) is 0 Å². The minimum absolute atomic E-state index is 0. The molecule has 4 aromatic rings. The van der Waals surface area contributed by atoms with Gasteiger partial charge in [-0.25, -0.2) is 18.0 Å². The number of carbonyl (C=O) groups is 1. The molecule has 0 bridgehead atoms. The Bertz CT molecular complexity index is 1820. The van der Waals surface area contributed by atoms with Crippen molar-refractivity contribution < 1.29 is 101 Å². The van der Waals surface area contributed by atoms with E-state index in [9.17, 15) is 18.0 Å². The number of rotatable bonds is 5. The Morgan fingerprint density at radius 2 is 1.90 bits per heavy atom. The number of ether oxygens (including phenoxy) is 1. The number of nitriles is 1. The van der Waals surface area contributed by atoms with E-state index in [1.807, 2.05) is 11.0 Å². The summed E-state index contributed by atoms with van der Waals surface area (Å²) in [4.78, 5) is 33.3. The van der Waals surface area contributed by atoms with E-state index in [2.05, 4.69) is 39.1 Å². The number of anilines is 1. The number of benzene rings is 1. The minimum Gasteiger partial charge on any atom is -0.453 e. The number of aromatic nitrogens is 4. The molecule has 10 nitrogen and oxygen atoms in total. The van der Waals surface area contributed by atoms with Crippen LogP contribution in [-0.2, 0) is 4.79 Å². The van der Waals surface area contributed by atoms with Crippen LogP contribution in [-0.4, -0.2) is 88.9 Å². The standard InChI is InChI=1S/C24H19ClF2N6O2S.C5H9F2N.C2H3N.Cs/c1-13(26)23(34)33-7-5-32(6-8-33)22-16-11-29-20(19(27)21(16)30-24(31-22)35-12-36)15-10-28-9-14-3-2-4-17(25)18(14)15;1-8-3-2-5(6,7)4-8;1-2-3;/h2-4,9-11,36H,1,5-8,12H2;2-4H2,1H3;1H3;/q;;;+1/p+1. The van der Waals surface area contributed by atoms with Crippen LogP contribution >= 0.6 is 24.2 Å². The van der Waals surface area contributed by atoms with E-state index in [0.29, 0.717) is 64.8 Å². The van der Waals surface area contributed by atoms with Gasteiger partial charge in [0.25, 0.3) is 5.92 Å². The molecule has 3 aromatic heterocycles. The molecule has 2 fully saturated rings. The number of amides is 1. The van der Waals surface area contributed by atoms with Crippen molar-refractivity contribution >= 4 is 57.6 Å². The normalized spacial score (nSPS) is 15.8. The van der Waals surface area contributed by atoms with Crippen molar-refractivity contribution in [3.63, 3.8) is 0 Å². The monoisotopic (exact) mass is 824 g/mol.